The van der Waals surface area contributed by atoms with Crippen LogP contribution in [0.3, 0.4) is 0 Å². The molecule has 23 heavy (non-hydrogen) atoms. The van der Waals surface area contributed by atoms with Crippen LogP contribution in [0, 0.1) is 0 Å². The summed E-state index contributed by atoms with van der Waals surface area (Å²) in [7, 11) is 2.09. The van der Waals surface area contributed by atoms with Gasteiger partial charge in [0.05, 0.1) is 12.2 Å². The minimum atomic E-state index is -0.000311. The number of carbonyl (C=O) groups excluding carboxylic acids is 1. The Morgan fingerprint density at radius 2 is 2.09 bits per heavy atom. The van der Waals surface area contributed by atoms with Crippen molar-refractivity contribution in [3.63, 3.8) is 0 Å². The van der Waals surface area contributed by atoms with E-state index in [2.05, 4.69) is 40.7 Å². The second-order valence-corrected chi connectivity index (χ2v) is 6.32. The van der Waals surface area contributed by atoms with Crippen LogP contribution < -0.4 is 5.32 Å². The van der Waals surface area contributed by atoms with Crippen molar-refractivity contribution in [3.05, 3.63) is 41.7 Å². The zero-order valence-electron chi connectivity index (χ0n) is 13.9. The third-order valence-corrected chi connectivity index (χ3v) is 4.22. The predicted octanol–water partition coefficient (Wildman–Crippen LogP) is 1.94. The van der Waals surface area contributed by atoms with Crippen molar-refractivity contribution in [1.29, 1.82) is 0 Å². The fourth-order valence-electron chi connectivity index (χ4n) is 3.09. The lowest BCUT2D eigenvalue weighted by atomic mass is 10.1. The van der Waals surface area contributed by atoms with E-state index < -0.39 is 0 Å². The van der Waals surface area contributed by atoms with Gasteiger partial charge in [0.1, 0.15) is 5.82 Å². The van der Waals surface area contributed by atoms with E-state index in [1.54, 1.807) is 24.5 Å². The summed E-state index contributed by atoms with van der Waals surface area (Å²) in [5.41, 5.74) is 3.20. The Bertz CT molecular complexity index is 693. The smallest absolute Gasteiger partial charge is 0.238 e. The first-order chi connectivity index (χ1) is 11.0. The largest absolute Gasteiger partial charge is 0.335 e. The number of fused-ring (bicyclic) bond motifs is 1. The number of hydrogen-bond acceptors (Lipinski definition) is 4. The van der Waals surface area contributed by atoms with E-state index >= 15 is 0 Å². The number of anilines is 1. The Labute approximate surface area is 136 Å². The second kappa shape index (κ2) is 6.50. The number of aromatic nitrogens is 3. The van der Waals surface area contributed by atoms with Gasteiger partial charge in [-0.3, -0.25) is 14.7 Å². The summed E-state index contributed by atoms with van der Waals surface area (Å²) >= 11 is 0. The van der Waals surface area contributed by atoms with Gasteiger partial charge in [0.15, 0.2) is 0 Å². The molecule has 6 nitrogen and oxygen atoms in total. The van der Waals surface area contributed by atoms with Gasteiger partial charge in [-0.25, -0.2) is 4.98 Å². The molecule has 0 saturated carbocycles. The molecule has 0 radical (unpaired) electrons. The molecule has 0 spiro atoms. The molecule has 0 bridgehead atoms. The third kappa shape index (κ3) is 3.42. The van der Waals surface area contributed by atoms with Crippen molar-refractivity contribution in [3.8, 4) is 0 Å². The first-order valence-electron chi connectivity index (χ1n) is 8.01. The van der Waals surface area contributed by atoms with Crippen LogP contribution in [0.2, 0.25) is 0 Å². The zero-order chi connectivity index (χ0) is 16.4. The molecule has 2 aromatic heterocycles. The van der Waals surface area contributed by atoms with Crippen LogP contribution in [-0.4, -0.2) is 38.4 Å². The van der Waals surface area contributed by atoms with Gasteiger partial charge in [-0.05, 0) is 12.1 Å². The van der Waals surface area contributed by atoms with Gasteiger partial charge >= 0.3 is 0 Å². The van der Waals surface area contributed by atoms with Crippen molar-refractivity contribution in [1.82, 2.24) is 19.4 Å². The van der Waals surface area contributed by atoms with Gasteiger partial charge in [0, 0.05) is 56.3 Å². The van der Waals surface area contributed by atoms with Crippen molar-refractivity contribution in [2.24, 2.45) is 7.05 Å². The van der Waals surface area contributed by atoms with Crippen molar-refractivity contribution < 1.29 is 4.79 Å². The molecule has 0 saturated heterocycles. The Hall–Kier alpha value is -2.21. The highest BCUT2D eigenvalue weighted by atomic mass is 16.2. The van der Waals surface area contributed by atoms with Crippen LogP contribution in [0.1, 0.15) is 37.0 Å². The van der Waals surface area contributed by atoms with Crippen molar-refractivity contribution in [2.45, 2.75) is 32.7 Å². The molecule has 0 aliphatic carbocycles. The van der Waals surface area contributed by atoms with E-state index in [1.165, 1.54) is 5.69 Å². The molecule has 3 rings (SSSR count). The molecule has 0 aromatic carbocycles. The number of carbonyl (C=O) groups is 1. The predicted molar refractivity (Wildman–Crippen MR) is 89.1 cm³/mol. The van der Waals surface area contributed by atoms with E-state index in [4.69, 9.17) is 4.98 Å². The SMILES string of the molecule is CC(C)c1nc2c(n1C)CCN(CC(=O)Nc1ccncc1)C2. The fraction of sp³-hybridized carbons (Fsp3) is 0.471. The van der Waals surface area contributed by atoms with Gasteiger partial charge in [-0.15, -0.1) is 0 Å². The molecule has 122 valence electrons. The average Bonchev–Trinajstić information content (AvgIpc) is 2.85. The van der Waals surface area contributed by atoms with Gasteiger partial charge in [0.2, 0.25) is 5.91 Å². The Morgan fingerprint density at radius 3 is 2.78 bits per heavy atom. The number of rotatable bonds is 4. The van der Waals surface area contributed by atoms with E-state index in [0.717, 1.165) is 36.7 Å². The second-order valence-electron chi connectivity index (χ2n) is 6.32. The van der Waals surface area contributed by atoms with Crippen LogP contribution in [0.4, 0.5) is 5.69 Å². The van der Waals surface area contributed by atoms with Gasteiger partial charge in [-0.2, -0.15) is 0 Å². The highest BCUT2D eigenvalue weighted by Gasteiger charge is 2.24. The van der Waals surface area contributed by atoms with Crippen molar-refractivity contribution in [2.75, 3.05) is 18.4 Å². The molecular weight excluding hydrogens is 290 g/mol. The molecule has 0 fully saturated rings. The Morgan fingerprint density at radius 1 is 1.35 bits per heavy atom. The molecule has 1 aliphatic rings. The first-order valence-corrected chi connectivity index (χ1v) is 8.01. The summed E-state index contributed by atoms with van der Waals surface area (Å²) in [5, 5.41) is 2.90. The number of nitrogens with one attached hydrogen (secondary N) is 1. The number of pyridine rings is 1. The zero-order valence-corrected chi connectivity index (χ0v) is 13.9. The summed E-state index contributed by atoms with van der Waals surface area (Å²) in [6, 6.07) is 3.58. The fourth-order valence-corrected chi connectivity index (χ4v) is 3.09. The Balaban J connectivity index is 1.63. The molecule has 1 N–H and O–H groups in total. The third-order valence-electron chi connectivity index (χ3n) is 4.22. The van der Waals surface area contributed by atoms with Gasteiger partial charge in [-0.1, -0.05) is 13.8 Å². The maximum Gasteiger partial charge on any atom is 0.238 e. The van der Waals surface area contributed by atoms with E-state index in [-0.39, 0.29) is 5.91 Å². The molecule has 0 unspecified atom stereocenters. The molecule has 6 heteroatoms. The highest BCUT2D eigenvalue weighted by molar-refractivity contribution is 5.92. The van der Waals surface area contributed by atoms with Crippen LogP contribution >= 0.6 is 0 Å². The number of nitrogens with zero attached hydrogens (tertiary/aromatic N) is 4. The summed E-state index contributed by atoms with van der Waals surface area (Å²) in [5.74, 6) is 1.53. The summed E-state index contributed by atoms with van der Waals surface area (Å²) < 4.78 is 2.22. The molecule has 2 aromatic rings. The standard InChI is InChI=1S/C17H23N5O/c1-12(2)17-20-14-10-22(9-6-15(14)21(17)3)11-16(23)19-13-4-7-18-8-5-13/h4-5,7-8,12H,6,9-11H2,1-3H3,(H,18,19,23). The van der Waals surface area contributed by atoms with E-state index in [0.29, 0.717) is 12.5 Å². The van der Waals surface area contributed by atoms with E-state index in [1.807, 2.05) is 0 Å². The normalized spacial score (nSPS) is 14.8. The maximum atomic E-state index is 12.2. The lowest BCUT2D eigenvalue weighted by molar-refractivity contribution is -0.117. The maximum absolute atomic E-state index is 12.2. The number of hydrogen-bond donors (Lipinski definition) is 1. The number of imidazole rings is 1. The van der Waals surface area contributed by atoms with Crippen LogP contribution in [0.5, 0.6) is 0 Å². The topological polar surface area (TPSA) is 63.1 Å². The average molecular weight is 313 g/mol. The summed E-state index contributed by atoms with van der Waals surface area (Å²) in [6.07, 6.45) is 4.28. The lowest BCUT2D eigenvalue weighted by Crippen LogP contribution is -2.37. The van der Waals surface area contributed by atoms with Crippen LogP contribution in [0.15, 0.2) is 24.5 Å². The molecule has 1 aliphatic heterocycles. The van der Waals surface area contributed by atoms with Crippen LogP contribution in [-0.2, 0) is 24.8 Å². The monoisotopic (exact) mass is 313 g/mol. The molecule has 0 atom stereocenters. The lowest BCUT2D eigenvalue weighted by Gasteiger charge is -2.25. The minimum absolute atomic E-state index is 0.000311. The van der Waals surface area contributed by atoms with Crippen molar-refractivity contribution >= 4 is 11.6 Å². The Kier molecular flexibility index (Phi) is 4.43. The van der Waals surface area contributed by atoms with Gasteiger partial charge < -0.3 is 9.88 Å². The number of amides is 1. The first kappa shape index (κ1) is 15.7. The van der Waals surface area contributed by atoms with Crippen LogP contribution in [0.25, 0.3) is 0 Å². The quantitative estimate of drug-likeness (QED) is 0.937. The summed E-state index contributed by atoms with van der Waals surface area (Å²) in [6.45, 7) is 6.32. The summed E-state index contributed by atoms with van der Waals surface area (Å²) in [4.78, 5) is 23.0. The molecular formula is C17H23N5O. The van der Waals surface area contributed by atoms with E-state index in [9.17, 15) is 4.79 Å². The highest BCUT2D eigenvalue weighted by Crippen LogP contribution is 2.23. The molecule has 1 amide bonds. The molecule has 3 heterocycles. The van der Waals surface area contributed by atoms with Gasteiger partial charge in [0.25, 0.3) is 0 Å². The minimum Gasteiger partial charge on any atom is -0.335 e.